The number of carbonyl (C=O) groups is 3. The number of primary amides is 1. The van der Waals surface area contributed by atoms with Crippen LogP contribution < -0.4 is 11.1 Å². The number of carbonyl (C=O) groups excluding carboxylic acids is 2. The molecule has 0 aliphatic rings. The average Bonchev–Trinajstić information content (AvgIpc) is 2.22. The third kappa shape index (κ3) is 8.56. The Balaban J connectivity index is 3.96. The Bertz CT molecular complexity index is 283. The van der Waals surface area contributed by atoms with Crippen molar-refractivity contribution >= 4 is 29.5 Å². The van der Waals surface area contributed by atoms with Crippen LogP contribution >= 0.6 is 11.8 Å². The minimum atomic E-state index is -1.25. The van der Waals surface area contributed by atoms with Gasteiger partial charge in [-0.2, -0.15) is 11.8 Å². The summed E-state index contributed by atoms with van der Waals surface area (Å²) in [7, 11) is 0. The summed E-state index contributed by atoms with van der Waals surface area (Å²) in [5.41, 5.74) is 4.89. The molecule has 0 saturated heterocycles. The van der Waals surface area contributed by atoms with E-state index in [4.69, 9.17) is 10.8 Å². The Hall–Kier alpha value is -1.24. The number of rotatable bonds is 9. The normalized spacial score (nSPS) is 11.8. The molecule has 0 aromatic rings. The molecule has 0 radical (unpaired) electrons. The summed E-state index contributed by atoms with van der Waals surface area (Å²) in [5, 5.41) is 11.0. The van der Waals surface area contributed by atoms with Gasteiger partial charge in [0.25, 0.3) is 0 Å². The number of hydrogen-bond acceptors (Lipinski definition) is 4. The second-order valence-corrected chi connectivity index (χ2v) is 4.64. The summed E-state index contributed by atoms with van der Waals surface area (Å²) in [6.07, 6.45) is 1.68. The van der Waals surface area contributed by atoms with Crippen molar-refractivity contribution in [2.75, 3.05) is 11.5 Å². The van der Waals surface area contributed by atoms with Gasteiger partial charge in [-0.3, -0.25) is 9.59 Å². The number of amides is 2. The van der Waals surface area contributed by atoms with Crippen molar-refractivity contribution in [1.82, 2.24) is 5.32 Å². The lowest BCUT2D eigenvalue weighted by Crippen LogP contribution is -2.44. The smallest absolute Gasteiger partial charge is 0.326 e. The zero-order chi connectivity index (χ0) is 13.3. The molecule has 0 aromatic heterocycles. The Morgan fingerprint density at radius 3 is 2.53 bits per heavy atom. The number of unbranched alkanes of at least 4 members (excludes halogenated alkanes) is 1. The third-order valence-electron chi connectivity index (χ3n) is 1.91. The molecule has 98 valence electrons. The summed E-state index contributed by atoms with van der Waals surface area (Å²) < 4.78 is 0. The fraction of sp³-hybridized carbons (Fsp3) is 0.700. The topological polar surface area (TPSA) is 109 Å². The highest BCUT2D eigenvalue weighted by Crippen LogP contribution is 2.04. The van der Waals surface area contributed by atoms with E-state index in [1.54, 1.807) is 0 Å². The largest absolute Gasteiger partial charge is 0.480 e. The van der Waals surface area contributed by atoms with E-state index < -0.39 is 17.9 Å². The third-order valence-corrected chi connectivity index (χ3v) is 2.96. The quantitative estimate of drug-likeness (QED) is 0.505. The first-order valence-electron chi connectivity index (χ1n) is 5.35. The Morgan fingerprint density at radius 1 is 1.41 bits per heavy atom. The lowest BCUT2D eigenvalue weighted by atomic mass is 10.2. The number of hydrogen-bond donors (Lipinski definition) is 3. The van der Waals surface area contributed by atoms with Gasteiger partial charge in [-0.15, -0.1) is 0 Å². The van der Waals surface area contributed by atoms with E-state index >= 15 is 0 Å². The van der Waals surface area contributed by atoms with Gasteiger partial charge in [0.15, 0.2) is 0 Å². The number of carboxylic acid groups (broad SMARTS) is 1. The Kier molecular flexibility index (Phi) is 8.21. The number of carboxylic acids is 1. The Labute approximate surface area is 104 Å². The van der Waals surface area contributed by atoms with Crippen molar-refractivity contribution in [2.45, 2.75) is 32.2 Å². The zero-order valence-electron chi connectivity index (χ0n) is 9.77. The van der Waals surface area contributed by atoms with E-state index in [0.29, 0.717) is 0 Å². The molecule has 2 amide bonds. The minimum Gasteiger partial charge on any atom is -0.480 e. The first kappa shape index (κ1) is 15.8. The van der Waals surface area contributed by atoms with Crippen molar-refractivity contribution in [3.05, 3.63) is 0 Å². The molecule has 0 bridgehead atoms. The fourth-order valence-electron chi connectivity index (χ4n) is 1.05. The summed E-state index contributed by atoms with van der Waals surface area (Å²) >= 11 is 1.44. The molecule has 0 spiro atoms. The summed E-state index contributed by atoms with van der Waals surface area (Å²) in [6.45, 7) is 2.05. The van der Waals surface area contributed by atoms with Crippen LogP contribution in [0.4, 0.5) is 0 Å². The summed E-state index contributed by atoms with van der Waals surface area (Å²) in [5.74, 6) is -1.34. The SMILES string of the molecule is CCCCSCC(=O)N[C@@H](CC(N)=O)C(=O)O. The van der Waals surface area contributed by atoms with Crippen LogP contribution in [0.1, 0.15) is 26.2 Å². The van der Waals surface area contributed by atoms with E-state index in [-0.39, 0.29) is 18.1 Å². The summed E-state index contributed by atoms with van der Waals surface area (Å²) in [4.78, 5) is 32.7. The maximum atomic E-state index is 11.4. The molecule has 1 atom stereocenters. The van der Waals surface area contributed by atoms with E-state index in [1.165, 1.54) is 11.8 Å². The van der Waals surface area contributed by atoms with Crippen LogP contribution in [0, 0.1) is 0 Å². The van der Waals surface area contributed by atoms with Crippen LogP contribution in [0.3, 0.4) is 0 Å². The monoisotopic (exact) mass is 262 g/mol. The van der Waals surface area contributed by atoms with Gasteiger partial charge in [0, 0.05) is 0 Å². The maximum absolute atomic E-state index is 11.4. The predicted octanol–water partition coefficient (Wildman–Crippen LogP) is -0.0355. The molecular weight excluding hydrogens is 244 g/mol. The van der Waals surface area contributed by atoms with E-state index in [9.17, 15) is 14.4 Å². The molecule has 7 heteroatoms. The summed E-state index contributed by atoms with van der Waals surface area (Å²) in [6, 6.07) is -1.23. The van der Waals surface area contributed by atoms with Crippen molar-refractivity contribution in [2.24, 2.45) is 5.73 Å². The molecule has 0 saturated carbocycles. The van der Waals surface area contributed by atoms with Gasteiger partial charge in [0.05, 0.1) is 12.2 Å². The molecule has 4 N–H and O–H groups in total. The lowest BCUT2D eigenvalue weighted by molar-refractivity contribution is -0.143. The molecule has 0 aliphatic heterocycles. The molecule has 17 heavy (non-hydrogen) atoms. The highest BCUT2D eigenvalue weighted by Gasteiger charge is 2.21. The van der Waals surface area contributed by atoms with E-state index in [1.807, 2.05) is 6.92 Å². The van der Waals surface area contributed by atoms with Crippen LogP contribution in [-0.4, -0.2) is 40.4 Å². The highest BCUT2D eigenvalue weighted by molar-refractivity contribution is 7.99. The van der Waals surface area contributed by atoms with Crippen LogP contribution in [0.2, 0.25) is 0 Å². The van der Waals surface area contributed by atoms with Gasteiger partial charge >= 0.3 is 5.97 Å². The maximum Gasteiger partial charge on any atom is 0.326 e. The first-order valence-corrected chi connectivity index (χ1v) is 6.51. The molecule has 0 fully saturated rings. The van der Waals surface area contributed by atoms with Crippen molar-refractivity contribution in [3.63, 3.8) is 0 Å². The Morgan fingerprint density at radius 2 is 2.06 bits per heavy atom. The lowest BCUT2D eigenvalue weighted by Gasteiger charge is -2.12. The molecule has 6 nitrogen and oxygen atoms in total. The van der Waals surface area contributed by atoms with Crippen LogP contribution in [0.15, 0.2) is 0 Å². The number of thioether (sulfide) groups is 1. The van der Waals surface area contributed by atoms with Crippen molar-refractivity contribution < 1.29 is 19.5 Å². The predicted molar refractivity (Wildman–Crippen MR) is 65.6 cm³/mol. The molecular formula is C10H18N2O4S. The molecule has 0 rings (SSSR count). The molecule has 0 heterocycles. The van der Waals surface area contributed by atoms with Crippen molar-refractivity contribution in [1.29, 1.82) is 0 Å². The first-order chi connectivity index (χ1) is 7.97. The zero-order valence-corrected chi connectivity index (χ0v) is 10.6. The molecule has 0 aromatic carbocycles. The minimum absolute atomic E-state index is 0.197. The van der Waals surface area contributed by atoms with E-state index in [2.05, 4.69) is 5.32 Å². The van der Waals surface area contributed by atoms with Gasteiger partial charge in [-0.25, -0.2) is 4.79 Å². The second kappa shape index (κ2) is 8.86. The fourth-order valence-corrected chi connectivity index (χ4v) is 1.95. The number of nitrogens with one attached hydrogen (secondary N) is 1. The van der Waals surface area contributed by atoms with Crippen molar-refractivity contribution in [3.8, 4) is 0 Å². The standard InChI is InChI=1S/C10H18N2O4S/c1-2-3-4-17-6-9(14)12-7(10(15)16)5-8(11)13/h7H,2-6H2,1H3,(H2,11,13)(H,12,14)(H,15,16)/t7-/m0/s1. The average molecular weight is 262 g/mol. The number of aliphatic carboxylic acids is 1. The van der Waals surface area contributed by atoms with Crippen LogP contribution in [0.25, 0.3) is 0 Å². The van der Waals surface area contributed by atoms with Gasteiger partial charge in [-0.1, -0.05) is 13.3 Å². The highest BCUT2D eigenvalue weighted by atomic mass is 32.2. The van der Waals surface area contributed by atoms with Gasteiger partial charge < -0.3 is 16.2 Å². The van der Waals surface area contributed by atoms with Gasteiger partial charge in [-0.05, 0) is 12.2 Å². The van der Waals surface area contributed by atoms with Crippen LogP contribution in [0.5, 0.6) is 0 Å². The van der Waals surface area contributed by atoms with E-state index in [0.717, 1.165) is 18.6 Å². The van der Waals surface area contributed by atoms with Gasteiger partial charge in [0.2, 0.25) is 11.8 Å². The second-order valence-electron chi connectivity index (χ2n) is 3.53. The number of nitrogens with two attached hydrogens (primary N) is 1. The molecule has 0 aliphatic carbocycles. The van der Waals surface area contributed by atoms with Crippen LogP contribution in [-0.2, 0) is 14.4 Å². The van der Waals surface area contributed by atoms with Gasteiger partial charge in [0.1, 0.15) is 6.04 Å². The molecule has 0 unspecified atom stereocenters.